The molecule has 3 aliphatic rings. The molecule has 1 saturated carbocycles. The maximum atomic E-state index is 13.2. The van der Waals surface area contributed by atoms with Crippen LogP contribution in [0, 0.1) is 17.8 Å². The third kappa shape index (κ3) is 4.73. The number of rotatable bonds is 5. The van der Waals surface area contributed by atoms with Gasteiger partial charge in [0.05, 0.1) is 5.69 Å². The Labute approximate surface area is 187 Å². The smallest absolute Gasteiger partial charge is 0.381 e. The number of alkyl halides is 3. The Morgan fingerprint density at radius 3 is 2.50 bits per heavy atom. The van der Waals surface area contributed by atoms with E-state index in [9.17, 15) is 13.2 Å². The monoisotopic (exact) mass is 448 g/mol. The van der Waals surface area contributed by atoms with E-state index in [-0.39, 0.29) is 23.8 Å². The zero-order chi connectivity index (χ0) is 23.0. The SMILES string of the molecule is [2H]C(C1CCOCC1)N1C[C@H]2CC(Nc3ccc(-c4cccnc4C(F)(F)F)nn3)C[C@H]2C1. The van der Waals surface area contributed by atoms with Crippen LogP contribution in [-0.2, 0) is 10.9 Å². The number of anilines is 1. The topological polar surface area (TPSA) is 63.2 Å². The fraction of sp³-hybridized carbons (Fsp3) is 0.609. The maximum Gasteiger partial charge on any atom is 0.434 e. The third-order valence-electron chi connectivity index (χ3n) is 6.84. The molecule has 2 aliphatic heterocycles. The molecule has 4 heterocycles. The molecular weight excluding hydrogens is 419 g/mol. The quantitative estimate of drug-likeness (QED) is 0.743. The van der Waals surface area contributed by atoms with Gasteiger partial charge in [0.25, 0.3) is 0 Å². The number of likely N-dealkylation sites (tertiary alicyclic amines) is 1. The average molecular weight is 449 g/mol. The number of aromatic nitrogens is 3. The summed E-state index contributed by atoms with van der Waals surface area (Å²) in [6.45, 7) is 3.31. The summed E-state index contributed by atoms with van der Waals surface area (Å²) in [5, 5.41) is 11.6. The van der Waals surface area contributed by atoms with Crippen molar-refractivity contribution in [2.24, 2.45) is 17.8 Å². The van der Waals surface area contributed by atoms with Crippen LogP contribution in [0.2, 0.25) is 0 Å². The van der Waals surface area contributed by atoms with E-state index in [0.717, 1.165) is 58.2 Å². The maximum absolute atomic E-state index is 13.2. The molecule has 1 aliphatic carbocycles. The fourth-order valence-electron chi connectivity index (χ4n) is 5.34. The lowest BCUT2D eigenvalue weighted by molar-refractivity contribution is -0.140. The third-order valence-corrected chi connectivity index (χ3v) is 6.84. The molecule has 6 nitrogen and oxygen atoms in total. The first-order valence-electron chi connectivity index (χ1n) is 11.8. The summed E-state index contributed by atoms with van der Waals surface area (Å²) in [5.74, 6) is 2.09. The average Bonchev–Trinajstić information content (AvgIpc) is 3.38. The second-order valence-electron chi connectivity index (χ2n) is 9.09. The Hall–Kier alpha value is -2.26. The van der Waals surface area contributed by atoms with Crippen LogP contribution in [0.5, 0.6) is 0 Å². The highest BCUT2D eigenvalue weighted by atomic mass is 19.4. The summed E-state index contributed by atoms with van der Waals surface area (Å²) < 4.78 is 53.8. The second-order valence-corrected chi connectivity index (χ2v) is 9.09. The lowest BCUT2D eigenvalue weighted by atomic mass is 10.00. The molecule has 32 heavy (non-hydrogen) atoms. The first kappa shape index (κ1) is 20.4. The van der Waals surface area contributed by atoms with Gasteiger partial charge < -0.3 is 15.0 Å². The zero-order valence-electron chi connectivity index (χ0n) is 18.8. The Morgan fingerprint density at radius 1 is 1.09 bits per heavy atom. The summed E-state index contributed by atoms with van der Waals surface area (Å²) >= 11 is 0. The highest BCUT2D eigenvalue weighted by molar-refractivity contribution is 5.62. The molecule has 2 unspecified atom stereocenters. The van der Waals surface area contributed by atoms with Crippen molar-refractivity contribution >= 4 is 5.82 Å². The Kier molecular flexibility index (Phi) is 5.69. The van der Waals surface area contributed by atoms with Crippen LogP contribution in [0.15, 0.2) is 30.5 Å². The van der Waals surface area contributed by atoms with Gasteiger partial charge in [-0.25, -0.2) is 0 Å². The van der Waals surface area contributed by atoms with Crippen LogP contribution in [0.25, 0.3) is 11.3 Å². The van der Waals surface area contributed by atoms with Crippen LogP contribution < -0.4 is 5.32 Å². The van der Waals surface area contributed by atoms with E-state index in [1.165, 1.54) is 12.1 Å². The van der Waals surface area contributed by atoms with Crippen LogP contribution in [0.4, 0.5) is 19.0 Å². The summed E-state index contributed by atoms with van der Waals surface area (Å²) in [4.78, 5) is 5.82. The van der Waals surface area contributed by atoms with Gasteiger partial charge in [0.2, 0.25) is 0 Å². The van der Waals surface area contributed by atoms with E-state index in [0.29, 0.717) is 23.6 Å². The second kappa shape index (κ2) is 8.94. The first-order chi connectivity index (χ1) is 15.9. The molecule has 2 aromatic heterocycles. The first-order valence-corrected chi connectivity index (χ1v) is 11.3. The van der Waals surface area contributed by atoms with E-state index >= 15 is 0 Å². The van der Waals surface area contributed by atoms with Gasteiger partial charge >= 0.3 is 6.18 Å². The molecule has 2 saturated heterocycles. The van der Waals surface area contributed by atoms with Crippen LogP contribution in [-0.4, -0.2) is 58.9 Å². The van der Waals surface area contributed by atoms with E-state index in [1.54, 1.807) is 12.1 Å². The summed E-state index contributed by atoms with van der Waals surface area (Å²) in [5.41, 5.74) is -0.884. The Bertz CT molecular complexity index is 940. The number of nitrogens with zero attached hydrogens (tertiary/aromatic N) is 4. The molecule has 172 valence electrons. The van der Waals surface area contributed by atoms with Crippen molar-refractivity contribution in [2.45, 2.75) is 37.9 Å². The molecule has 0 radical (unpaired) electrons. The molecule has 4 atom stereocenters. The number of pyridine rings is 1. The van der Waals surface area contributed by atoms with Gasteiger partial charge in [-0.2, -0.15) is 13.2 Å². The Morgan fingerprint density at radius 2 is 1.84 bits per heavy atom. The molecule has 1 N–H and O–H groups in total. The standard InChI is InChI=1S/C23H28F3N5O/c24-23(25,26)22-19(2-1-7-27-22)20-3-4-21(30-29-20)28-18-10-16-13-31(14-17(16)11-18)12-15-5-8-32-9-6-15/h1-4,7,15-18H,5-6,8-14H2,(H,28,30)/t16-,17+,18?/i12D/t12?,16-,17+,18?. The van der Waals surface area contributed by atoms with Crippen LogP contribution in [0.3, 0.4) is 0 Å². The predicted molar refractivity (Wildman–Crippen MR) is 114 cm³/mol. The van der Waals surface area contributed by atoms with Gasteiger partial charge in [-0.15, -0.1) is 10.2 Å². The molecule has 2 aromatic rings. The largest absolute Gasteiger partial charge is 0.434 e. The lowest BCUT2D eigenvalue weighted by Crippen LogP contribution is -2.32. The van der Waals surface area contributed by atoms with Crippen molar-refractivity contribution < 1.29 is 19.3 Å². The molecule has 0 bridgehead atoms. The summed E-state index contributed by atoms with van der Waals surface area (Å²) in [6.07, 6.45) is 0.538. The van der Waals surface area contributed by atoms with Crippen molar-refractivity contribution in [3.8, 4) is 11.3 Å². The van der Waals surface area contributed by atoms with Crippen molar-refractivity contribution in [3.05, 3.63) is 36.2 Å². The number of hydrogen-bond acceptors (Lipinski definition) is 6. The number of fused-ring (bicyclic) bond motifs is 1. The number of nitrogens with one attached hydrogen (secondary N) is 1. The number of ether oxygens (including phenoxy) is 1. The minimum Gasteiger partial charge on any atom is -0.381 e. The molecule has 0 spiro atoms. The van der Waals surface area contributed by atoms with Crippen LogP contribution >= 0.6 is 0 Å². The summed E-state index contributed by atoms with van der Waals surface area (Å²) in [7, 11) is 0. The van der Waals surface area contributed by atoms with Gasteiger partial charge in [0.1, 0.15) is 5.82 Å². The van der Waals surface area contributed by atoms with E-state index < -0.39 is 11.9 Å². The van der Waals surface area contributed by atoms with Crippen molar-refractivity contribution in [1.82, 2.24) is 20.1 Å². The van der Waals surface area contributed by atoms with Crippen molar-refractivity contribution in [2.75, 3.05) is 38.1 Å². The normalized spacial score (nSPS) is 28.3. The van der Waals surface area contributed by atoms with Gasteiger partial charge in [0.15, 0.2) is 5.69 Å². The van der Waals surface area contributed by atoms with Gasteiger partial charge in [-0.1, -0.05) is 0 Å². The minimum atomic E-state index is -4.55. The molecular formula is C23H28F3N5O. The van der Waals surface area contributed by atoms with Crippen molar-refractivity contribution in [3.63, 3.8) is 0 Å². The molecule has 0 aromatic carbocycles. The zero-order valence-corrected chi connectivity index (χ0v) is 17.8. The lowest BCUT2D eigenvalue weighted by Gasteiger charge is -2.27. The molecule has 0 amide bonds. The van der Waals surface area contributed by atoms with Gasteiger partial charge in [-0.05, 0) is 67.7 Å². The highest BCUT2D eigenvalue weighted by Crippen LogP contribution is 2.40. The molecule has 9 heteroatoms. The van der Waals surface area contributed by atoms with Gasteiger partial charge in [-0.3, -0.25) is 4.98 Å². The molecule has 3 fully saturated rings. The van der Waals surface area contributed by atoms with E-state index in [2.05, 4.69) is 25.4 Å². The van der Waals surface area contributed by atoms with E-state index in [4.69, 9.17) is 6.11 Å². The van der Waals surface area contributed by atoms with E-state index in [1.807, 2.05) is 0 Å². The molecule has 5 rings (SSSR count). The van der Waals surface area contributed by atoms with Crippen LogP contribution in [0.1, 0.15) is 32.7 Å². The minimum absolute atomic E-state index is 0.0750. The highest BCUT2D eigenvalue weighted by Gasteiger charge is 2.41. The van der Waals surface area contributed by atoms with Crippen molar-refractivity contribution in [1.29, 1.82) is 0 Å². The summed E-state index contributed by atoms with van der Waals surface area (Å²) in [6, 6.07) is 6.32. The Balaban J connectivity index is 1.17. The number of hydrogen-bond donors (Lipinski definition) is 1. The predicted octanol–water partition coefficient (Wildman–Crippen LogP) is 4.11. The number of halogens is 3. The van der Waals surface area contributed by atoms with Gasteiger partial charge in [0, 0.05) is 52.0 Å². The fourth-order valence-corrected chi connectivity index (χ4v) is 5.34.